The fourth-order valence-electron chi connectivity index (χ4n) is 1.83. The highest BCUT2D eigenvalue weighted by atomic mass is 32.1. The summed E-state index contributed by atoms with van der Waals surface area (Å²) in [5.41, 5.74) is 0. The van der Waals surface area contributed by atoms with Crippen LogP contribution < -0.4 is 0 Å². The molecule has 0 bridgehead atoms. The van der Waals surface area contributed by atoms with Crippen LogP contribution in [0.25, 0.3) is 0 Å². The van der Waals surface area contributed by atoms with Crippen LogP contribution >= 0.6 is 11.3 Å². The molecule has 0 aliphatic carbocycles. The maximum atomic E-state index is 10.7. The lowest BCUT2D eigenvalue weighted by molar-refractivity contribution is -0.0548. The Morgan fingerprint density at radius 1 is 1.59 bits per heavy atom. The quantitative estimate of drug-likeness (QED) is 0.828. The van der Waals surface area contributed by atoms with Gasteiger partial charge in [-0.15, -0.1) is 11.3 Å². The molecule has 1 aromatic rings. The van der Waals surface area contributed by atoms with Gasteiger partial charge in [0, 0.05) is 24.5 Å². The molecule has 0 saturated carbocycles. The van der Waals surface area contributed by atoms with Crippen molar-refractivity contribution in [2.45, 2.75) is 12.6 Å². The van der Waals surface area contributed by atoms with Gasteiger partial charge in [-0.05, 0) is 12.1 Å². The Kier molecular flexibility index (Phi) is 4.11. The number of nitrogens with zero attached hydrogens (tertiary/aromatic N) is 1. The number of carboxylic acids is 1. The zero-order valence-corrected chi connectivity index (χ0v) is 10.2. The van der Waals surface area contributed by atoms with Crippen molar-refractivity contribution in [3.63, 3.8) is 0 Å². The lowest BCUT2D eigenvalue weighted by atomic mass is 10.2. The number of hydrogen-bond acceptors (Lipinski definition) is 5. The molecule has 0 amide bonds. The highest BCUT2D eigenvalue weighted by molar-refractivity contribution is 7.13. The third-order valence-electron chi connectivity index (χ3n) is 2.68. The lowest BCUT2D eigenvalue weighted by Gasteiger charge is -2.31. The first kappa shape index (κ1) is 12.5. The van der Waals surface area contributed by atoms with Gasteiger partial charge in [-0.25, -0.2) is 4.79 Å². The first-order valence-corrected chi connectivity index (χ1v) is 6.27. The minimum Gasteiger partial charge on any atom is -0.477 e. The van der Waals surface area contributed by atoms with Gasteiger partial charge in [-0.3, -0.25) is 4.90 Å². The van der Waals surface area contributed by atoms with Gasteiger partial charge in [0.15, 0.2) is 0 Å². The van der Waals surface area contributed by atoms with E-state index >= 15 is 0 Å². The van der Waals surface area contributed by atoms with Crippen LogP contribution in [-0.2, 0) is 11.3 Å². The molecule has 1 atom stereocenters. The van der Waals surface area contributed by atoms with Crippen molar-refractivity contribution < 1.29 is 19.7 Å². The number of aromatic carboxylic acids is 1. The number of carboxylic acid groups (broad SMARTS) is 1. The standard InChI is InChI=1S/C11H15NO4S/c13-7-8-5-12(3-4-16-8)6-9-1-2-10(17-9)11(14)15/h1-2,8,13H,3-7H2,(H,14,15). The smallest absolute Gasteiger partial charge is 0.345 e. The Balaban J connectivity index is 1.93. The monoisotopic (exact) mass is 257 g/mol. The van der Waals surface area contributed by atoms with Gasteiger partial charge in [0.25, 0.3) is 0 Å². The van der Waals surface area contributed by atoms with Crippen molar-refractivity contribution in [1.82, 2.24) is 4.90 Å². The van der Waals surface area contributed by atoms with Crippen molar-refractivity contribution in [1.29, 1.82) is 0 Å². The van der Waals surface area contributed by atoms with Gasteiger partial charge in [0.2, 0.25) is 0 Å². The molecule has 6 heteroatoms. The number of aliphatic hydroxyl groups excluding tert-OH is 1. The summed E-state index contributed by atoms with van der Waals surface area (Å²) < 4.78 is 5.36. The molecule has 0 spiro atoms. The van der Waals surface area contributed by atoms with E-state index in [0.29, 0.717) is 18.0 Å². The number of hydrogen-bond donors (Lipinski definition) is 2. The summed E-state index contributed by atoms with van der Waals surface area (Å²) in [5, 5.41) is 17.9. The number of ether oxygens (including phenoxy) is 1. The van der Waals surface area contributed by atoms with Crippen LogP contribution in [0, 0.1) is 0 Å². The van der Waals surface area contributed by atoms with Crippen LogP contribution in [0.5, 0.6) is 0 Å². The fraction of sp³-hybridized carbons (Fsp3) is 0.545. The molecule has 2 N–H and O–H groups in total. The van der Waals surface area contributed by atoms with Gasteiger partial charge >= 0.3 is 5.97 Å². The minimum atomic E-state index is -0.878. The number of morpholine rings is 1. The highest BCUT2D eigenvalue weighted by Gasteiger charge is 2.20. The van der Waals surface area contributed by atoms with Gasteiger partial charge in [-0.2, -0.15) is 0 Å². The van der Waals surface area contributed by atoms with E-state index < -0.39 is 5.97 Å². The molecular formula is C11H15NO4S. The zero-order valence-electron chi connectivity index (χ0n) is 9.33. The summed E-state index contributed by atoms with van der Waals surface area (Å²) in [4.78, 5) is 14.3. The third kappa shape index (κ3) is 3.26. The molecule has 0 radical (unpaired) electrons. The number of aliphatic hydroxyl groups is 1. The summed E-state index contributed by atoms with van der Waals surface area (Å²) in [6.07, 6.45) is -0.123. The van der Waals surface area contributed by atoms with Crippen LogP contribution in [0.15, 0.2) is 12.1 Å². The summed E-state index contributed by atoms with van der Waals surface area (Å²) in [5.74, 6) is -0.878. The van der Waals surface area contributed by atoms with E-state index in [9.17, 15) is 4.79 Å². The van der Waals surface area contributed by atoms with Crippen molar-refractivity contribution in [2.24, 2.45) is 0 Å². The topological polar surface area (TPSA) is 70.0 Å². The second-order valence-electron chi connectivity index (χ2n) is 3.98. The SMILES string of the molecule is O=C(O)c1ccc(CN2CCOC(CO)C2)s1. The van der Waals surface area contributed by atoms with E-state index in [0.717, 1.165) is 18.0 Å². The predicted molar refractivity (Wildman–Crippen MR) is 63.4 cm³/mol. The van der Waals surface area contributed by atoms with Crippen LogP contribution in [0.4, 0.5) is 0 Å². The van der Waals surface area contributed by atoms with Gasteiger partial charge in [0.1, 0.15) is 4.88 Å². The molecule has 1 aliphatic heterocycles. The molecule has 1 saturated heterocycles. The van der Waals surface area contributed by atoms with Crippen LogP contribution in [0.3, 0.4) is 0 Å². The fourth-order valence-corrected chi connectivity index (χ4v) is 2.72. The summed E-state index contributed by atoms with van der Waals surface area (Å²) in [7, 11) is 0. The summed E-state index contributed by atoms with van der Waals surface area (Å²) in [6.45, 7) is 2.87. The van der Waals surface area contributed by atoms with Crippen molar-refractivity contribution in [3.05, 3.63) is 21.9 Å². The predicted octanol–water partition coefficient (Wildman–Crippen LogP) is 0.639. The molecule has 1 aliphatic rings. The molecular weight excluding hydrogens is 242 g/mol. The molecule has 5 nitrogen and oxygen atoms in total. The van der Waals surface area contributed by atoms with Crippen LogP contribution in [0.2, 0.25) is 0 Å². The average Bonchev–Trinajstić information content (AvgIpc) is 2.78. The Hall–Kier alpha value is -0.950. The Labute approximate surface area is 103 Å². The number of thiophene rings is 1. The van der Waals surface area contributed by atoms with Crippen LogP contribution in [0.1, 0.15) is 14.5 Å². The average molecular weight is 257 g/mol. The molecule has 17 heavy (non-hydrogen) atoms. The van der Waals surface area contributed by atoms with Crippen LogP contribution in [-0.4, -0.2) is 53.5 Å². The zero-order chi connectivity index (χ0) is 12.3. The van der Waals surface area contributed by atoms with E-state index in [1.807, 2.05) is 6.07 Å². The Morgan fingerprint density at radius 3 is 3.06 bits per heavy atom. The second-order valence-corrected chi connectivity index (χ2v) is 5.15. The van der Waals surface area contributed by atoms with E-state index in [2.05, 4.69) is 4.90 Å². The van der Waals surface area contributed by atoms with Crippen molar-refractivity contribution in [3.8, 4) is 0 Å². The molecule has 0 aromatic carbocycles. The maximum absolute atomic E-state index is 10.7. The first-order chi connectivity index (χ1) is 8.19. The second kappa shape index (κ2) is 5.59. The van der Waals surface area contributed by atoms with E-state index in [-0.39, 0.29) is 12.7 Å². The van der Waals surface area contributed by atoms with Gasteiger partial charge < -0.3 is 14.9 Å². The Bertz CT molecular complexity index is 393. The van der Waals surface area contributed by atoms with Crippen molar-refractivity contribution >= 4 is 17.3 Å². The third-order valence-corrected chi connectivity index (χ3v) is 3.74. The molecule has 2 heterocycles. The number of rotatable bonds is 4. The number of carbonyl (C=O) groups is 1. The molecule has 1 fully saturated rings. The largest absolute Gasteiger partial charge is 0.477 e. The first-order valence-electron chi connectivity index (χ1n) is 5.46. The molecule has 2 rings (SSSR count). The minimum absolute atomic E-state index is 0.0291. The van der Waals surface area contributed by atoms with Gasteiger partial charge in [-0.1, -0.05) is 0 Å². The van der Waals surface area contributed by atoms with Gasteiger partial charge in [0.05, 0.1) is 19.3 Å². The van der Waals surface area contributed by atoms with Crippen molar-refractivity contribution in [2.75, 3.05) is 26.3 Å². The van der Waals surface area contributed by atoms with E-state index in [4.69, 9.17) is 14.9 Å². The lowest BCUT2D eigenvalue weighted by Crippen LogP contribution is -2.43. The normalized spacial score (nSPS) is 21.6. The van der Waals surface area contributed by atoms with E-state index in [1.54, 1.807) is 6.07 Å². The summed E-state index contributed by atoms with van der Waals surface area (Å²) in [6, 6.07) is 3.48. The highest BCUT2D eigenvalue weighted by Crippen LogP contribution is 2.19. The van der Waals surface area contributed by atoms with E-state index in [1.165, 1.54) is 11.3 Å². The molecule has 1 unspecified atom stereocenters. The Morgan fingerprint density at radius 2 is 2.41 bits per heavy atom. The summed E-state index contributed by atoms with van der Waals surface area (Å²) >= 11 is 1.30. The molecule has 1 aromatic heterocycles. The molecule has 94 valence electrons. The maximum Gasteiger partial charge on any atom is 0.345 e.